The lowest BCUT2D eigenvalue weighted by Crippen LogP contribution is -2.50. The van der Waals surface area contributed by atoms with Gasteiger partial charge < -0.3 is 9.80 Å². The van der Waals surface area contributed by atoms with Gasteiger partial charge in [-0.1, -0.05) is 12.8 Å². The number of piperidine rings is 1. The predicted octanol–water partition coefficient (Wildman–Crippen LogP) is 3.35. The van der Waals surface area contributed by atoms with Crippen LogP contribution in [0.25, 0.3) is 0 Å². The van der Waals surface area contributed by atoms with E-state index in [1.54, 1.807) is 6.07 Å². The van der Waals surface area contributed by atoms with Gasteiger partial charge in [-0.25, -0.2) is 14.8 Å². The van der Waals surface area contributed by atoms with Gasteiger partial charge in [0, 0.05) is 51.4 Å². The fourth-order valence-corrected chi connectivity index (χ4v) is 4.77. The highest BCUT2D eigenvalue weighted by Gasteiger charge is 2.41. The molecule has 0 spiro atoms. The van der Waals surface area contributed by atoms with Crippen LogP contribution in [0.3, 0.4) is 0 Å². The lowest BCUT2D eigenvalue weighted by Gasteiger charge is -2.38. The van der Waals surface area contributed by atoms with Crippen molar-refractivity contribution in [3.63, 3.8) is 0 Å². The number of piperazine rings is 1. The number of carbonyl (C=O) groups excluding carboxylic acids is 1. The summed E-state index contributed by atoms with van der Waals surface area (Å²) in [7, 11) is 0. The number of halogens is 3. The van der Waals surface area contributed by atoms with Gasteiger partial charge in [0.2, 0.25) is 0 Å². The van der Waals surface area contributed by atoms with Crippen LogP contribution in [0.1, 0.15) is 38.5 Å². The van der Waals surface area contributed by atoms with E-state index in [1.165, 1.54) is 36.9 Å². The third-order valence-electron chi connectivity index (χ3n) is 6.61. The molecule has 1 aromatic heterocycles. The average molecular weight is 426 g/mol. The van der Waals surface area contributed by atoms with Gasteiger partial charge >= 0.3 is 12.2 Å². The first-order chi connectivity index (χ1) is 14.4. The number of anilines is 2. The zero-order chi connectivity index (χ0) is 21.1. The summed E-state index contributed by atoms with van der Waals surface area (Å²) >= 11 is 0. The van der Waals surface area contributed by atoms with E-state index >= 15 is 0 Å². The van der Waals surface area contributed by atoms with E-state index in [0.29, 0.717) is 11.9 Å². The number of nitrogens with zero attached hydrogens (tertiary/aromatic N) is 5. The first-order valence-corrected chi connectivity index (χ1v) is 10.8. The molecule has 0 radical (unpaired) electrons. The van der Waals surface area contributed by atoms with Crippen molar-refractivity contribution in [3.05, 3.63) is 12.4 Å². The summed E-state index contributed by atoms with van der Waals surface area (Å²) in [5, 5.41) is 2.72. The maximum absolute atomic E-state index is 12.8. The molecule has 30 heavy (non-hydrogen) atoms. The van der Waals surface area contributed by atoms with E-state index in [2.05, 4.69) is 25.1 Å². The number of hydrogen-bond donors (Lipinski definition) is 1. The van der Waals surface area contributed by atoms with Gasteiger partial charge in [-0.05, 0) is 25.7 Å². The van der Waals surface area contributed by atoms with Crippen molar-refractivity contribution in [3.8, 4) is 0 Å². The molecular weight excluding hydrogens is 397 g/mol. The molecule has 166 valence electrons. The van der Waals surface area contributed by atoms with E-state index in [9.17, 15) is 18.0 Å². The van der Waals surface area contributed by atoms with Crippen LogP contribution >= 0.6 is 0 Å². The fourth-order valence-electron chi connectivity index (χ4n) is 4.77. The SMILES string of the molecule is O=C(Nc1cc(N2CCN(C3CCCC3)CC2)ncn1)N1CCC(C(F)(F)F)CC1. The number of carbonyl (C=O) groups is 1. The molecule has 1 saturated carbocycles. The van der Waals surface area contributed by atoms with Crippen LogP contribution in [-0.2, 0) is 0 Å². The van der Waals surface area contributed by atoms with Crippen LogP contribution in [0.5, 0.6) is 0 Å². The van der Waals surface area contributed by atoms with E-state index in [-0.39, 0.29) is 25.9 Å². The molecule has 7 nitrogen and oxygen atoms in total. The van der Waals surface area contributed by atoms with Gasteiger partial charge in [-0.15, -0.1) is 0 Å². The van der Waals surface area contributed by atoms with Crippen molar-refractivity contribution in [2.45, 2.75) is 50.7 Å². The summed E-state index contributed by atoms with van der Waals surface area (Å²) in [5.74, 6) is -0.182. The summed E-state index contributed by atoms with van der Waals surface area (Å²) in [5.41, 5.74) is 0. The second-order valence-corrected chi connectivity index (χ2v) is 8.46. The van der Waals surface area contributed by atoms with Crippen molar-refractivity contribution in [2.75, 3.05) is 49.5 Å². The molecule has 10 heteroatoms. The minimum absolute atomic E-state index is 0.0583. The highest BCUT2D eigenvalue weighted by Crippen LogP contribution is 2.34. The number of urea groups is 1. The molecular formula is C20H29F3N6O. The fraction of sp³-hybridized carbons (Fsp3) is 0.750. The number of amides is 2. The highest BCUT2D eigenvalue weighted by atomic mass is 19.4. The molecule has 1 N–H and O–H groups in total. The standard InChI is InChI=1S/C20H29F3N6O/c21-20(22,23)15-5-7-29(8-6-15)19(30)26-17-13-18(25-14-24-17)28-11-9-27(10-12-28)16-3-1-2-4-16/h13-16H,1-12H2,(H,24,25,26,30). The molecule has 0 bridgehead atoms. The normalized spacial score (nSPS) is 22.5. The third kappa shape index (κ3) is 4.96. The Hall–Kier alpha value is -2.10. The van der Waals surface area contributed by atoms with Crippen LogP contribution in [0, 0.1) is 5.92 Å². The molecule has 2 aliphatic heterocycles. The molecule has 1 aliphatic carbocycles. The average Bonchev–Trinajstić information content (AvgIpc) is 3.28. The van der Waals surface area contributed by atoms with Crippen molar-refractivity contribution in [2.24, 2.45) is 5.92 Å². The summed E-state index contributed by atoms with van der Waals surface area (Å²) in [6.07, 6.45) is 2.36. The molecule has 4 rings (SSSR count). The third-order valence-corrected chi connectivity index (χ3v) is 6.61. The van der Waals surface area contributed by atoms with Crippen molar-refractivity contribution in [1.29, 1.82) is 0 Å². The van der Waals surface area contributed by atoms with Crippen LogP contribution in [0.4, 0.5) is 29.6 Å². The summed E-state index contributed by atoms with van der Waals surface area (Å²) in [4.78, 5) is 27.1. The molecule has 0 atom stereocenters. The zero-order valence-electron chi connectivity index (χ0n) is 17.1. The molecule has 0 aromatic carbocycles. The largest absolute Gasteiger partial charge is 0.391 e. The first-order valence-electron chi connectivity index (χ1n) is 10.8. The topological polar surface area (TPSA) is 64.6 Å². The first kappa shape index (κ1) is 21.1. The molecule has 1 aromatic rings. The monoisotopic (exact) mass is 426 g/mol. The van der Waals surface area contributed by atoms with Crippen molar-refractivity contribution >= 4 is 17.7 Å². The van der Waals surface area contributed by atoms with Gasteiger partial charge in [0.15, 0.2) is 0 Å². The highest BCUT2D eigenvalue weighted by molar-refractivity contribution is 5.88. The summed E-state index contributed by atoms with van der Waals surface area (Å²) in [6.45, 7) is 3.96. The predicted molar refractivity (Wildman–Crippen MR) is 107 cm³/mol. The summed E-state index contributed by atoms with van der Waals surface area (Å²) in [6, 6.07) is 2.05. The van der Waals surface area contributed by atoms with Gasteiger partial charge in [0.25, 0.3) is 0 Å². The Bertz CT molecular complexity index is 723. The van der Waals surface area contributed by atoms with Gasteiger partial charge in [0.1, 0.15) is 18.0 Å². The number of aromatic nitrogens is 2. The smallest absolute Gasteiger partial charge is 0.354 e. The maximum atomic E-state index is 12.8. The molecule has 3 fully saturated rings. The molecule has 2 saturated heterocycles. The lowest BCUT2D eigenvalue weighted by atomic mass is 9.96. The second kappa shape index (κ2) is 8.95. The maximum Gasteiger partial charge on any atom is 0.391 e. The number of rotatable bonds is 3. The number of alkyl halides is 3. The van der Waals surface area contributed by atoms with Crippen LogP contribution in [0.15, 0.2) is 12.4 Å². The molecule has 0 unspecified atom stereocenters. The Morgan fingerprint density at radius 1 is 0.967 bits per heavy atom. The van der Waals surface area contributed by atoms with E-state index in [4.69, 9.17) is 0 Å². The minimum Gasteiger partial charge on any atom is -0.354 e. The Morgan fingerprint density at radius 2 is 1.63 bits per heavy atom. The minimum atomic E-state index is -4.19. The Kier molecular flexibility index (Phi) is 6.31. The van der Waals surface area contributed by atoms with Gasteiger partial charge in [-0.3, -0.25) is 10.2 Å². The zero-order valence-corrected chi connectivity index (χ0v) is 17.1. The number of likely N-dealkylation sites (tertiary alicyclic amines) is 1. The van der Waals surface area contributed by atoms with E-state index < -0.39 is 18.1 Å². The molecule has 2 amide bonds. The van der Waals surface area contributed by atoms with Crippen LogP contribution in [0.2, 0.25) is 0 Å². The van der Waals surface area contributed by atoms with Crippen LogP contribution < -0.4 is 10.2 Å². The van der Waals surface area contributed by atoms with E-state index in [0.717, 1.165) is 32.0 Å². The van der Waals surface area contributed by atoms with Gasteiger partial charge in [0.05, 0.1) is 5.92 Å². The van der Waals surface area contributed by atoms with E-state index in [1.807, 2.05) is 0 Å². The van der Waals surface area contributed by atoms with Crippen LogP contribution in [-0.4, -0.2) is 77.3 Å². The Balaban J connectivity index is 1.29. The molecule has 3 heterocycles. The number of hydrogen-bond acceptors (Lipinski definition) is 5. The lowest BCUT2D eigenvalue weighted by molar-refractivity contribution is -0.183. The molecule has 3 aliphatic rings. The van der Waals surface area contributed by atoms with Gasteiger partial charge in [-0.2, -0.15) is 13.2 Å². The summed E-state index contributed by atoms with van der Waals surface area (Å²) < 4.78 is 38.4. The van der Waals surface area contributed by atoms with Crippen molar-refractivity contribution in [1.82, 2.24) is 19.8 Å². The second-order valence-electron chi connectivity index (χ2n) is 8.46. The quantitative estimate of drug-likeness (QED) is 0.803. The van der Waals surface area contributed by atoms with Crippen molar-refractivity contribution < 1.29 is 18.0 Å². The number of nitrogens with one attached hydrogen (secondary N) is 1. The Morgan fingerprint density at radius 3 is 2.27 bits per heavy atom. The Labute approximate surface area is 174 Å².